The van der Waals surface area contributed by atoms with Crippen LogP contribution >= 0.6 is 0 Å². The lowest BCUT2D eigenvalue weighted by Crippen LogP contribution is -2.50. The number of pyridine rings is 1. The third-order valence-electron chi connectivity index (χ3n) is 4.61. The van der Waals surface area contributed by atoms with Crippen LogP contribution in [0.4, 0.5) is 8.78 Å². The molecule has 3 rings (SSSR count). The van der Waals surface area contributed by atoms with Gasteiger partial charge >= 0.3 is 6.61 Å². The maximum absolute atomic E-state index is 12.8. The normalized spacial score (nSPS) is 16.1. The van der Waals surface area contributed by atoms with Crippen molar-refractivity contribution >= 4 is 17.7 Å². The molecule has 2 heterocycles. The van der Waals surface area contributed by atoms with E-state index < -0.39 is 30.3 Å². The first kappa shape index (κ1) is 21.2. The lowest BCUT2D eigenvalue weighted by molar-refractivity contribution is -0.127. The van der Waals surface area contributed by atoms with E-state index in [1.54, 1.807) is 18.2 Å². The molecular formula is C20H20F2N4O4. The molecular weight excluding hydrogens is 398 g/mol. The molecule has 2 N–H and O–H groups in total. The monoisotopic (exact) mass is 418 g/mol. The van der Waals surface area contributed by atoms with E-state index in [1.165, 1.54) is 35.4 Å². The van der Waals surface area contributed by atoms with Gasteiger partial charge < -0.3 is 9.64 Å². The second kappa shape index (κ2) is 9.77. The van der Waals surface area contributed by atoms with Gasteiger partial charge in [-0.05, 0) is 37.1 Å². The lowest BCUT2D eigenvalue weighted by atomic mass is 9.96. The number of nitrogens with zero attached hydrogens (tertiary/aromatic N) is 2. The molecule has 0 radical (unpaired) electrons. The molecule has 0 spiro atoms. The van der Waals surface area contributed by atoms with Crippen LogP contribution < -0.4 is 15.6 Å². The van der Waals surface area contributed by atoms with Crippen LogP contribution in [0.15, 0.2) is 48.7 Å². The predicted octanol–water partition coefficient (Wildman–Crippen LogP) is 2.00. The zero-order valence-corrected chi connectivity index (χ0v) is 15.9. The molecule has 1 atom stereocenters. The van der Waals surface area contributed by atoms with Crippen molar-refractivity contribution in [3.8, 4) is 5.75 Å². The Morgan fingerprint density at radius 3 is 2.60 bits per heavy atom. The molecule has 1 fully saturated rings. The van der Waals surface area contributed by atoms with E-state index in [9.17, 15) is 23.2 Å². The summed E-state index contributed by atoms with van der Waals surface area (Å²) in [5.74, 6) is -2.29. The fourth-order valence-corrected chi connectivity index (χ4v) is 3.17. The summed E-state index contributed by atoms with van der Waals surface area (Å²) in [4.78, 5) is 42.5. The SMILES string of the molecule is O=C(NNC(=O)C1CCCN(C(=O)c2ccccc2OC(F)F)C1)c1ccccn1. The van der Waals surface area contributed by atoms with Gasteiger partial charge in [-0.15, -0.1) is 0 Å². The standard InChI is InChI=1S/C20H20F2N4O4/c21-20(22)30-16-9-2-1-7-14(16)19(29)26-11-5-6-13(12-26)17(27)24-25-18(28)15-8-3-4-10-23-15/h1-4,7-10,13,20H,5-6,11-12H2,(H,24,27)(H,25,28). The summed E-state index contributed by atoms with van der Waals surface area (Å²) in [5, 5.41) is 0. The van der Waals surface area contributed by atoms with Gasteiger partial charge in [0.05, 0.1) is 11.5 Å². The van der Waals surface area contributed by atoms with E-state index in [4.69, 9.17) is 0 Å². The molecule has 1 saturated heterocycles. The topological polar surface area (TPSA) is 101 Å². The second-order valence-electron chi connectivity index (χ2n) is 6.62. The quantitative estimate of drug-likeness (QED) is 0.724. The number of aromatic nitrogens is 1. The lowest BCUT2D eigenvalue weighted by Gasteiger charge is -2.32. The van der Waals surface area contributed by atoms with Crippen LogP contribution in [-0.4, -0.2) is 47.3 Å². The van der Waals surface area contributed by atoms with Crippen molar-refractivity contribution < 1.29 is 27.9 Å². The number of hydrogen-bond donors (Lipinski definition) is 2. The van der Waals surface area contributed by atoms with Gasteiger partial charge in [0.15, 0.2) is 0 Å². The summed E-state index contributed by atoms with van der Waals surface area (Å²) < 4.78 is 29.6. The van der Waals surface area contributed by atoms with Crippen molar-refractivity contribution in [2.75, 3.05) is 13.1 Å². The zero-order valence-electron chi connectivity index (χ0n) is 15.9. The van der Waals surface area contributed by atoms with Crippen LogP contribution in [0.1, 0.15) is 33.7 Å². The van der Waals surface area contributed by atoms with Crippen LogP contribution in [0.3, 0.4) is 0 Å². The van der Waals surface area contributed by atoms with E-state index in [1.807, 2.05) is 0 Å². The van der Waals surface area contributed by atoms with Crippen molar-refractivity contribution in [1.29, 1.82) is 0 Å². The van der Waals surface area contributed by atoms with Crippen molar-refractivity contribution in [3.63, 3.8) is 0 Å². The number of halogens is 2. The smallest absolute Gasteiger partial charge is 0.387 e. The molecule has 3 amide bonds. The highest BCUT2D eigenvalue weighted by atomic mass is 19.3. The summed E-state index contributed by atoms with van der Waals surface area (Å²) in [5.41, 5.74) is 4.79. The number of piperidine rings is 1. The molecule has 30 heavy (non-hydrogen) atoms. The fourth-order valence-electron chi connectivity index (χ4n) is 3.17. The number of para-hydroxylation sites is 1. The van der Waals surface area contributed by atoms with Crippen LogP contribution in [0.2, 0.25) is 0 Å². The number of benzene rings is 1. The Bertz CT molecular complexity index is 911. The highest BCUT2D eigenvalue weighted by Crippen LogP contribution is 2.25. The van der Waals surface area contributed by atoms with Gasteiger partial charge in [-0.2, -0.15) is 8.78 Å². The number of hydrazine groups is 1. The predicted molar refractivity (Wildman–Crippen MR) is 102 cm³/mol. The van der Waals surface area contributed by atoms with Crippen LogP contribution in [0.25, 0.3) is 0 Å². The Morgan fingerprint density at radius 2 is 1.87 bits per heavy atom. The summed E-state index contributed by atoms with van der Waals surface area (Å²) >= 11 is 0. The number of likely N-dealkylation sites (tertiary alicyclic amines) is 1. The van der Waals surface area contributed by atoms with Crippen molar-refractivity contribution in [1.82, 2.24) is 20.7 Å². The van der Waals surface area contributed by atoms with Gasteiger partial charge in [-0.1, -0.05) is 18.2 Å². The number of carbonyl (C=O) groups is 3. The minimum Gasteiger partial charge on any atom is -0.434 e. The number of nitrogens with one attached hydrogen (secondary N) is 2. The third kappa shape index (κ3) is 5.28. The van der Waals surface area contributed by atoms with Crippen molar-refractivity contribution in [3.05, 3.63) is 59.9 Å². The molecule has 158 valence electrons. The largest absolute Gasteiger partial charge is 0.434 e. The maximum Gasteiger partial charge on any atom is 0.387 e. The number of rotatable bonds is 5. The number of hydrogen-bond acceptors (Lipinski definition) is 5. The van der Waals surface area contributed by atoms with Crippen molar-refractivity contribution in [2.24, 2.45) is 5.92 Å². The van der Waals surface area contributed by atoms with Crippen molar-refractivity contribution in [2.45, 2.75) is 19.5 Å². The van der Waals surface area contributed by atoms with E-state index in [0.29, 0.717) is 19.4 Å². The van der Waals surface area contributed by atoms with E-state index in [-0.39, 0.29) is 23.6 Å². The molecule has 8 nitrogen and oxygen atoms in total. The number of ether oxygens (including phenoxy) is 1. The van der Waals surface area contributed by atoms with Gasteiger partial charge in [0.25, 0.3) is 11.8 Å². The summed E-state index contributed by atoms with van der Waals surface area (Å²) in [7, 11) is 0. The minimum atomic E-state index is -3.05. The highest BCUT2D eigenvalue weighted by molar-refractivity contribution is 5.97. The van der Waals surface area contributed by atoms with E-state index in [2.05, 4.69) is 20.6 Å². The molecule has 0 aliphatic carbocycles. The molecule has 1 aliphatic heterocycles. The van der Waals surface area contributed by atoms with Gasteiger partial charge in [0.2, 0.25) is 5.91 Å². The average Bonchev–Trinajstić information content (AvgIpc) is 2.77. The Balaban J connectivity index is 1.60. The number of alkyl halides is 2. The Hall–Kier alpha value is -3.56. The molecule has 0 saturated carbocycles. The highest BCUT2D eigenvalue weighted by Gasteiger charge is 2.30. The van der Waals surface area contributed by atoms with E-state index >= 15 is 0 Å². The first-order valence-corrected chi connectivity index (χ1v) is 9.30. The summed E-state index contributed by atoms with van der Waals surface area (Å²) in [6.45, 7) is -2.58. The van der Waals surface area contributed by atoms with E-state index in [0.717, 1.165) is 0 Å². The maximum atomic E-state index is 12.8. The molecule has 1 unspecified atom stereocenters. The zero-order chi connectivity index (χ0) is 21.5. The van der Waals surface area contributed by atoms with Crippen LogP contribution in [0, 0.1) is 5.92 Å². The van der Waals surface area contributed by atoms with Crippen LogP contribution in [-0.2, 0) is 4.79 Å². The summed E-state index contributed by atoms with van der Waals surface area (Å²) in [6.07, 6.45) is 2.52. The first-order valence-electron chi connectivity index (χ1n) is 9.30. The number of amides is 3. The Labute approximate surface area is 171 Å². The van der Waals surface area contributed by atoms with Gasteiger partial charge in [-0.3, -0.25) is 30.2 Å². The molecule has 1 aromatic heterocycles. The van der Waals surface area contributed by atoms with Crippen LogP contribution in [0.5, 0.6) is 5.75 Å². The molecule has 10 heteroatoms. The minimum absolute atomic E-state index is 0.00214. The van der Waals surface area contributed by atoms with Gasteiger partial charge in [-0.25, -0.2) is 0 Å². The molecule has 1 aliphatic rings. The second-order valence-corrected chi connectivity index (χ2v) is 6.62. The molecule has 1 aromatic carbocycles. The Kier molecular flexibility index (Phi) is 6.89. The first-order chi connectivity index (χ1) is 14.5. The summed E-state index contributed by atoms with van der Waals surface area (Å²) in [6, 6.07) is 10.5. The van der Waals surface area contributed by atoms with Gasteiger partial charge in [0, 0.05) is 19.3 Å². The fraction of sp³-hybridized carbons (Fsp3) is 0.300. The third-order valence-corrected chi connectivity index (χ3v) is 4.61. The Morgan fingerprint density at radius 1 is 1.10 bits per heavy atom. The molecule has 2 aromatic rings. The molecule has 0 bridgehead atoms. The average molecular weight is 418 g/mol. The number of carbonyl (C=O) groups excluding carboxylic acids is 3. The van der Waals surface area contributed by atoms with Gasteiger partial charge in [0.1, 0.15) is 11.4 Å².